The van der Waals surface area contributed by atoms with Crippen molar-refractivity contribution in [2.24, 2.45) is 17.8 Å². The first-order valence-corrected chi connectivity index (χ1v) is 13.1. The van der Waals surface area contributed by atoms with Crippen molar-refractivity contribution in [3.63, 3.8) is 0 Å². The summed E-state index contributed by atoms with van der Waals surface area (Å²) >= 11 is 0. The van der Waals surface area contributed by atoms with Crippen LogP contribution >= 0.6 is 0 Å². The Balaban J connectivity index is 1.09. The molecule has 4 bridgehead atoms. The summed E-state index contributed by atoms with van der Waals surface area (Å²) in [6.07, 6.45) is 9.84. The highest BCUT2D eigenvalue weighted by Gasteiger charge is 2.54. The molecule has 2 heterocycles. The quantitative estimate of drug-likeness (QED) is 0.618. The SMILES string of the molecule is CCCOc1ccc(N2C(=O)CC(N3CCN(C45CC6CC(CC(C6)C4)C5)CC3)C2=O)cc1. The van der Waals surface area contributed by atoms with Gasteiger partial charge in [0.1, 0.15) is 5.75 Å². The van der Waals surface area contributed by atoms with Crippen molar-refractivity contribution < 1.29 is 14.3 Å². The molecular weight excluding hydrogens is 414 g/mol. The largest absolute Gasteiger partial charge is 0.494 e. The predicted molar refractivity (Wildman–Crippen MR) is 127 cm³/mol. The Hall–Kier alpha value is -1.92. The van der Waals surface area contributed by atoms with Crippen molar-refractivity contribution in [1.29, 1.82) is 0 Å². The maximum atomic E-state index is 13.3. The Morgan fingerprint density at radius 3 is 2.09 bits per heavy atom. The molecule has 2 amide bonds. The first-order chi connectivity index (χ1) is 16.0. The van der Waals surface area contributed by atoms with Gasteiger partial charge < -0.3 is 4.74 Å². The van der Waals surface area contributed by atoms with Gasteiger partial charge in [-0.25, -0.2) is 4.90 Å². The highest BCUT2D eigenvalue weighted by Crippen LogP contribution is 2.57. The number of carbonyl (C=O) groups excluding carboxylic acids is 2. The van der Waals surface area contributed by atoms with Crippen molar-refractivity contribution in [3.8, 4) is 5.75 Å². The number of nitrogens with zero attached hydrogens (tertiary/aromatic N) is 3. The van der Waals surface area contributed by atoms with Gasteiger partial charge in [-0.3, -0.25) is 19.4 Å². The highest BCUT2D eigenvalue weighted by atomic mass is 16.5. The Kier molecular flexibility index (Phi) is 5.49. The van der Waals surface area contributed by atoms with Crippen molar-refractivity contribution >= 4 is 17.5 Å². The zero-order chi connectivity index (χ0) is 22.6. The van der Waals surface area contributed by atoms with Crippen molar-refractivity contribution in [2.45, 2.75) is 69.9 Å². The zero-order valence-corrected chi connectivity index (χ0v) is 19.9. The fourth-order valence-electron chi connectivity index (χ4n) is 8.04. The normalized spacial score (nSPS) is 36.7. The van der Waals surface area contributed by atoms with Crippen LogP contribution in [0.3, 0.4) is 0 Å². The minimum absolute atomic E-state index is 0.0644. The second-order valence-corrected chi connectivity index (χ2v) is 11.3. The first-order valence-electron chi connectivity index (χ1n) is 13.1. The van der Waals surface area contributed by atoms with E-state index in [1.54, 1.807) is 0 Å². The van der Waals surface area contributed by atoms with Crippen molar-refractivity contribution in [1.82, 2.24) is 9.80 Å². The number of benzene rings is 1. The van der Waals surface area contributed by atoms with E-state index in [0.717, 1.165) is 56.1 Å². The van der Waals surface area contributed by atoms with Crippen LogP contribution < -0.4 is 9.64 Å². The molecule has 2 saturated heterocycles. The molecule has 178 valence electrons. The molecule has 1 atom stereocenters. The van der Waals surface area contributed by atoms with Crippen LogP contribution in [0.15, 0.2) is 24.3 Å². The first kappa shape index (κ1) is 21.6. The fraction of sp³-hybridized carbons (Fsp3) is 0.704. The van der Waals surface area contributed by atoms with E-state index < -0.39 is 0 Å². The lowest BCUT2D eigenvalue weighted by Crippen LogP contribution is -2.64. The number of hydrogen-bond acceptors (Lipinski definition) is 5. The molecule has 0 spiro atoms. The number of ether oxygens (including phenoxy) is 1. The van der Waals surface area contributed by atoms with Gasteiger partial charge in [-0.2, -0.15) is 0 Å². The van der Waals surface area contributed by atoms with E-state index in [0.29, 0.717) is 24.3 Å². The van der Waals surface area contributed by atoms with Crippen LogP contribution in [0.5, 0.6) is 5.75 Å². The van der Waals surface area contributed by atoms with Gasteiger partial charge in [-0.1, -0.05) is 6.92 Å². The van der Waals surface area contributed by atoms with Crippen LogP contribution in [0, 0.1) is 17.8 Å². The number of hydrogen-bond donors (Lipinski definition) is 0. The van der Waals surface area contributed by atoms with Gasteiger partial charge in [0.2, 0.25) is 5.91 Å². The van der Waals surface area contributed by atoms with Crippen molar-refractivity contribution in [3.05, 3.63) is 24.3 Å². The maximum absolute atomic E-state index is 13.3. The standard InChI is InChI=1S/C27H37N3O3/c1-2-11-33-23-5-3-22(4-6-23)30-25(31)15-24(26(30)32)28-7-9-29(10-8-28)27-16-19-12-20(17-27)14-21(13-19)18-27/h3-6,19-21,24H,2,7-18H2,1H3. The summed E-state index contributed by atoms with van der Waals surface area (Å²) < 4.78 is 5.64. The second kappa shape index (κ2) is 8.38. The Bertz CT molecular complexity index is 870. The molecule has 4 aliphatic carbocycles. The van der Waals surface area contributed by atoms with Crippen LogP contribution in [0.2, 0.25) is 0 Å². The molecule has 6 aliphatic rings. The molecule has 6 nitrogen and oxygen atoms in total. The predicted octanol–water partition coefficient (Wildman–Crippen LogP) is 3.69. The van der Waals surface area contributed by atoms with Gasteiger partial charge >= 0.3 is 0 Å². The second-order valence-electron chi connectivity index (χ2n) is 11.3. The van der Waals surface area contributed by atoms with Gasteiger partial charge in [0.25, 0.3) is 5.91 Å². The summed E-state index contributed by atoms with van der Waals surface area (Å²) in [7, 11) is 0. The topological polar surface area (TPSA) is 53.1 Å². The van der Waals surface area contributed by atoms with E-state index in [2.05, 4.69) is 16.7 Å². The van der Waals surface area contributed by atoms with Gasteiger partial charge in [-0.15, -0.1) is 0 Å². The summed E-state index contributed by atoms with van der Waals surface area (Å²) in [5.74, 6) is 3.49. The van der Waals surface area contributed by atoms with Crippen LogP contribution in [0.25, 0.3) is 0 Å². The summed E-state index contributed by atoms with van der Waals surface area (Å²) in [5.41, 5.74) is 1.09. The van der Waals surface area contributed by atoms with Crippen LogP contribution in [-0.4, -0.2) is 66.0 Å². The van der Waals surface area contributed by atoms with Crippen LogP contribution in [0.4, 0.5) is 5.69 Å². The average Bonchev–Trinajstić information content (AvgIpc) is 3.11. The molecule has 2 aliphatic heterocycles. The number of imide groups is 1. The summed E-state index contributed by atoms with van der Waals surface area (Å²) in [6, 6.07) is 7.04. The molecule has 33 heavy (non-hydrogen) atoms. The molecule has 6 fully saturated rings. The van der Waals surface area contributed by atoms with Crippen molar-refractivity contribution in [2.75, 3.05) is 37.7 Å². The Morgan fingerprint density at radius 1 is 0.909 bits per heavy atom. The Morgan fingerprint density at radius 2 is 1.52 bits per heavy atom. The lowest BCUT2D eigenvalue weighted by Gasteiger charge is -2.61. The summed E-state index contributed by atoms with van der Waals surface area (Å²) in [5, 5.41) is 0. The Labute approximate surface area is 197 Å². The molecule has 7 rings (SSSR count). The molecule has 6 heteroatoms. The smallest absolute Gasteiger partial charge is 0.251 e. The maximum Gasteiger partial charge on any atom is 0.251 e. The van der Waals surface area contributed by atoms with Gasteiger partial charge in [0.05, 0.1) is 24.8 Å². The molecule has 0 aromatic heterocycles. The molecule has 1 aromatic rings. The number of rotatable bonds is 6. The third kappa shape index (κ3) is 3.79. The molecular formula is C27H37N3O3. The van der Waals surface area contributed by atoms with Gasteiger partial charge in [0.15, 0.2) is 0 Å². The third-order valence-corrected chi connectivity index (χ3v) is 9.12. The summed E-state index contributed by atoms with van der Waals surface area (Å²) in [4.78, 5) is 32.6. The van der Waals surface area contributed by atoms with E-state index >= 15 is 0 Å². The number of piperazine rings is 1. The average molecular weight is 452 g/mol. The molecule has 0 radical (unpaired) electrons. The molecule has 1 unspecified atom stereocenters. The van der Waals surface area contributed by atoms with Crippen LogP contribution in [0.1, 0.15) is 58.3 Å². The third-order valence-electron chi connectivity index (χ3n) is 9.12. The van der Waals surface area contributed by atoms with Gasteiger partial charge in [0, 0.05) is 31.7 Å². The summed E-state index contributed by atoms with van der Waals surface area (Å²) in [6.45, 7) is 6.59. The van der Waals surface area contributed by atoms with E-state index in [1.807, 2.05) is 24.3 Å². The monoisotopic (exact) mass is 451 g/mol. The number of amides is 2. The fourth-order valence-corrected chi connectivity index (χ4v) is 8.04. The highest BCUT2D eigenvalue weighted by molar-refractivity contribution is 6.22. The lowest BCUT2D eigenvalue weighted by atomic mass is 9.52. The molecule has 0 N–H and O–H groups in total. The minimum Gasteiger partial charge on any atom is -0.494 e. The lowest BCUT2D eigenvalue weighted by molar-refractivity contribution is -0.125. The van der Waals surface area contributed by atoms with Crippen LogP contribution in [-0.2, 0) is 9.59 Å². The van der Waals surface area contributed by atoms with E-state index in [1.165, 1.54) is 43.4 Å². The number of anilines is 1. The number of carbonyl (C=O) groups is 2. The van der Waals surface area contributed by atoms with E-state index in [-0.39, 0.29) is 17.9 Å². The van der Waals surface area contributed by atoms with E-state index in [9.17, 15) is 9.59 Å². The van der Waals surface area contributed by atoms with E-state index in [4.69, 9.17) is 4.74 Å². The minimum atomic E-state index is -0.313. The molecule has 1 aromatic carbocycles. The molecule has 4 saturated carbocycles. The van der Waals surface area contributed by atoms with Gasteiger partial charge in [-0.05, 0) is 87.0 Å². The zero-order valence-electron chi connectivity index (χ0n) is 19.9.